The molecule has 1 fully saturated rings. The number of ketones is 1. The first-order chi connectivity index (χ1) is 19.8. The molecule has 1 aliphatic rings. The maximum Gasteiger partial charge on any atom is 0.257 e. The molecule has 0 unspecified atom stereocenters. The van der Waals surface area contributed by atoms with E-state index in [1.165, 1.54) is 0 Å². The van der Waals surface area contributed by atoms with Crippen molar-refractivity contribution in [2.24, 2.45) is 0 Å². The smallest absolute Gasteiger partial charge is 0.257 e. The Balaban J connectivity index is 1.36. The van der Waals surface area contributed by atoms with E-state index in [1.807, 2.05) is 37.9 Å². The van der Waals surface area contributed by atoms with Gasteiger partial charge in [0.1, 0.15) is 6.54 Å². The molecule has 1 saturated heterocycles. The van der Waals surface area contributed by atoms with Crippen molar-refractivity contribution in [3.8, 4) is 11.8 Å². The number of piperazine rings is 1. The van der Waals surface area contributed by atoms with Crippen LogP contribution < -0.4 is 5.32 Å². The first kappa shape index (κ1) is 27.8. The largest absolute Gasteiger partial charge is 0.339 e. The van der Waals surface area contributed by atoms with Crippen LogP contribution in [-0.2, 0) is 11.3 Å². The first-order valence-electron chi connectivity index (χ1n) is 13.8. The second-order valence-electron chi connectivity index (χ2n) is 10.4. The third-order valence-corrected chi connectivity index (χ3v) is 7.57. The molecule has 0 atom stereocenters. The van der Waals surface area contributed by atoms with Crippen molar-refractivity contribution in [1.82, 2.24) is 24.1 Å². The Morgan fingerprint density at radius 3 is 2.44 bits per heavy atom. The molecular weight excluding hydrogens is 518 g/mol. The van der Waals surface area contributed by atoms with E-state index in [0.717, 1.165) is 36.4 Å². The Kier molecular flexibility index (Phi) is 7.99. The summed E-state index contributed by atoms with van der Waals surface area (Å²) in [5, 5.41) is 17.4. The van der Waals surface area contributed by atoms with Crippen molar-refractivity contribution in [3.05, 3.63) is 77.2 Å². The Hall–Kier alpha value is -4.75. The molecule has 0 bridgehead atoms. The third-order valence-electron chi connectivity index (χ3n) is 7.57. The van der Waals surface area contributed by atoms with Crippen LogP contribution in [0.1, 0.15) is 51.7 Å². The van der Waals surface area contributed by atoms with Gasteiger partial charge in [-0.2, -0.15) is 10.4 Å². The lowest BCUT2D eigenvalue weighted by molar-refractivity contribution is -0.133. The van der Waals surface area contributed by atoms with E-state index in [2.05, 4.69) is 21.4 Å². The van der Waals surface area contributed by atoms with E-state index >= 15 is 0 Å². The zero-order valence-corrected chi connectivity index (χ0v) is 23.6. The first-order valence-corrected chi connectivity index (χ1v) is 13.8. The predicted octanol–water partition coefficient (Wildman–Crippen LogP) is 4.02. The van der Waals surface area contributed by atoms with E-state index in [0.29, 0.717) is 47.3 Å². The summed E-state index contributed by atoms with van der Waals surface area (Å²) in [5.41, 5.74) is 4.27. The van der Waals surface area contributed by atoms with E-state index in [9.17, 15) is 19.6 Å². The molecule has 0 saturated carbocycles. The number of aromatic nitrogens is 3. The fourth-order valence-electron chi connectivity index (χ4n) is 5.17. The molecule has 0 spiro atoms. The minimum absolute atomic E-state index is 0.00428. The molecule has 1 N–H and O–H groups in total. The van der Waals surface area contributed by atoms with Crippen LogP contribution >= 0.6 is 0 Å². The van der Waals surface area contributed by atoms with Gasteiger partial charge in [0.2, 0.25) is 5.91 Å². The molecule has 4 aromatic rings. The van der Waals surface area contributed by atoms with Gasteiger partial charge in [0.15, 0.2) is 5.78 Å². The molecule has 210 valence electrons. The SMILES string of the molecule is CCCC(=O)c1cnn(-c2ccc(NC(=O)c3cn(CC(=O)N4CCN(C)CC4)c4ccc(C#N)cc34)cc2)c1C. The average molecular weight is 552 g/mol. The van der Waals surface area contributed by atoms with Crippen molar-refractivity contribution in [2.45, 2.75) is 33.2 Å². The number of hydrogen-bond acceptors (Lipinski definition) is 6. The molecule has 3 heterocycles. The van der Waals surface area contributed by atoms with Crippen LogP contribution in [0.3, 0.4) is 0 Å². The van der Waals surface area contributed by atoms with Gasteiger partial charge in [0, 0.05) is 55.4 Å². The fourth-order valence-corrected chi connectivity index (χ4v) is 5.17. The van der Waals surface area contributed by atoms with Crippen molar-refractivity contribution in [2.75, 3.05) is 38.5 Å². The number of nitrogens with zero attached hydrogens (tertiary/aromatic N) is 6. The lowest BCUT2D eigenvalue weighted by Gasteiger charge is -2.32. The van der Waals surface area contributed by atoms with Crippen molar-refractivity contribution in [3.63, 3.8) is 0 Å². The van der Waals surface area contributed by atoms with E-state index in [-0.39, 0.29) is 24.1 Å². The highest BCUT2D eigenvalue weighted by molar-refractivity contribution is 6.13. The predicted molar refractivity (Wildman–Crippen MR) is 156 cm³/mol. The van der Waals surface area contributed by atoms with Gasteiger partial charge in [0.25, 0.3) is 5.91 Å². The number of hydrogen-bond donors (Lipinski definition) is 1. The summed E-state index contributed by atoms with van der Waals surface area (Å²) < 4.78 is 3.50. The van der Waals surface area contributed by atoms with Crippen LogP contribution in [0.25, 0.3) is 16.6 Å². The Morgan fingerprint density at radius 2 is 1.76 bits per heavy atom. The normalized spacial score (nSPS) is 13.8. The number of carbonyl (C=O) groups is 3. The zero-order chi connectivity index (χ0) is 29.1. The number of Topliss-reactive ketones (excluding diaryl/α,β-unsaturated/α-hetero) is 1. The topological polar surface area (TPSA) is 116 Å². The number of benzene rings is 2. The number of amides is 2. The molecule has 2 amide bonds. The van der Waals surface area contributed by atoms with Crippen molar-refractivity contribution >= 4 is 34.2 Å². The highest BCUT2D eigenvalue weighted by atomic mass is 16.2. The highest BCUT2D eigenvalue weighted by Crippen LogP contribution is 2.25. The number of carbonyl (C=O) groups excluding carboxylic acids is 3. The third kappa shape index (κ3) is 5.76. The monoisotopic (exact) mass is 551 g/mol. The molecule has 2 aromatic carbocycles. The molecule has 2 aromatic heterocycles. The van der Waals surface area contributed by atoms with Gasteiger partial charge in [-0.05, 0) is 62.9 Å². The number of likely N-dealkylation sites (N-methyl/N-ethyl adjacent to an activating group) is 1. The van der Waals surface area contributed by atoms with E-state index in [1.54, 1.807) is 52.0 Å². The second kappa shape index (κ2) is 11.8. The summed E-state index contributed by atoms with van der Waals surface area (Å²) in [4.78, 5) is 42.9. The molecular formula is C31H33N7O3. The number of nitrogens with one attached hydrogen (secondary N) is 1. The molecule has 0 radical (unpaired) electrons. The van der Waals surface area contributed by atoms with Gasteiger partial charge in [-0.1, -0.05) is 6.92 Å². The van der Waals surface area contributed by atoms with Crippen LogP contribution in [0.15, 0.2) is 54.9 Å². The summed E-state index contributed by atoms with van der Waals surface area (Å²) >= 11 is 0. The van der Waals surface area contributed by atoms with Crippen LogP contribution in [0.2, 0.25) is 0 Å². The van der Waals surface area contributed by atoms with Gasteiger partial charge < -0.3 is 19.7 Å². The standard InChI is InChI=1S/C31H33N7O3/c1-4-5-29(39)26-18-33-38(21(26)2)24-9-7-23(8-10-24)34-31(41)27-19-37(28-11-6-22(17-32)16-25(27)28)20-30(40)36-14-12-35(3)13-15-36/h6-11,16,18-19H,4-5,12-15,20H2,1-3H3,(H,34,41). The zero-order valence-electron chi connectivity index (χ0n) is 23.6. The summed E-state index contributed by atoms with van der Waals surface area (Å²) in [6.45, 7) is 6.95. The Bertz CT molecular complexity index is 1650. The summed E-state index contributed by atoms with van der Waals surface area (Å²) in [5.74, 6) is -0.272. The van der Waals surface area contributed by atoms with Gasteiger partial charge in [0.05, 0.1) is 40.3 Å². The molecule has 5 rings (SSSR count). The second-order valence-corrected chi connectivity index (χ2v) is 10.4. The summed E-state index contributed by atoms with van der Waals surface area (Å²) in [6.07, 6.45) is 4.54. The minimum atomic E-state index is -0.341. The van der Waals surface area contributed by atoms with E-state index in [4.69, 9.17) is 0 Å². The molecule has 0 aliphatic carbocycles. The maximum absolute atomic E-state index is 13.5. The van der Waals surface area contributed by atoms with E-state index < -0.39 is 0 Å². The quantitative estimate of drug-likeness (QED) is 0.331. The van der Waals surface area contributed by atoms with Crippen molar-refractivity contribution in [1.29, 1.82) is 5.26 Å². The minimum Gasteiger partial charge on any atom is -0.339 e. The van der Waals surface area contributed by atoms with Crippen LogP contribution in [0.4, 0.5) is 5.69 Å². The lowest BCUT2D eigenvalue weighted by atomic mass is 10.1. The van der Waals surface area contributed by atoms with Gasteiger partial charge >= 0.3 is 0 Å². The van der Waals surface area contributed by atoms with Gasteiger partial charge in [-0.15, -0.1) is 0 Å². The summed E-state index contributed by atoms with van der Waals surface area (Å²) in [6, 6.07) is 14.5. The van der Waals surface area contributed by atoms with Crippen LogP contribution in [-0.4, -0.2) is 75.0 Å². The molecule has 1 aliphatic heterocycles. The molecule has 41 heavy (non-hydrogen) atoms. The Morgan fingerprint density at radius 1 is 1.02 bits per heavy atom. The lowest BCUT2D eigenvalue weighted by Crippen LogP contribution is -2.48. The Labute approximate surface area is 238 Å². The average Bonchev–Trinajstić information content (AvgIpc) is 3.54. The van der Waals surface area contributed by atoms with Crippen molar-refractivity contribution < 1.29 is 14.4 Å². The summed E-state index contributed by atoms with van der Waals surface area (Å²) in [7, 11) is 2.04. The van der Waals surface area contributed by atoms with Gasteiger partial charge in [-0.3, -0.25) is 14.4 Å². The fraction of sp³-hybridized carbons (Fsp3) is 0.323. The number of rotatable bonds is 8. The molecule has 10 heteroatoms. The number of anilines is 1. The number of nitriles is 1. The van der Waals surface area contributed by atoms with Crippen LogP contribution in [0.5, 0.6) is 0 Å². The van der Waals surface area contributed by atoms with Gasteiger partial charge in [-0.25, -0.2) is 4.68 Å². The van der Waals surface area contributed by atoms with Crippen LogP contribution in [0, 0.1) is 18.3 Å². The highest BCUT2D eigenvalue weighted by Gasteiger charge is 2.22. The maximum atomic E-state index is 13.5. The number of fused-ring (bicyclic) bond motifs is 1. The molecule has 10 nitrogen and oxygen atoms in total.